The third-order valence-electron chi connectivity index (χ3n) is 9.88. The first-order valence-electron chi connectivity index (χ1n) is 16.1. The number of nitrogen functional groups attached to an aromatic ring is 1. The minimum atomic E-state index is -0.981. The SMILES string of the molecule is Cc1cc(C[C@@H](OC(=O)N2CCC(n3c(=O)[nH]c4ccccc43)CC2)C(=O)N2CCC(N3CCN(C)CC3)CC2)cc(Cl)c1N. The minimum Gasteiger partial charge on any atom is -0.436 e. The first-order valence-corrected chi connectivity index (χ1v) is 16.5. The molecule has 2 amide bonds. The van der Waals surface area contributed by atoms with Gasteiger partial charge in [-0.3, -0.25) is 14.3 Å². The van der Waals surface area contributed by atoms with E-state index in [-0.39, 0.29) is 24.1 Å². The van der Waals surface area contributed by atoms with Crippen molar-refractivity contribution >= 4 is 40.3 Å². The fourth-order valence-corrected chi connectivity index (χ4v) is 7.41. The number of nitrogens with two attached hydrogens (primary N) is 1. The Morgan fingerprint density at radius 2 is 1.60 bits per heavy atom. The summed E-state index contributed by atoms with van der Waals surface area (Å²) in [4.78, 5) is 51.6. The standard InChI is InChI=1S/C33H44ClN7O4/c1-22-19-23(20-26(34)30(22)35)21-29(31(42)39-11-7-24(8-12-39)38-17-15-37(2)16-18-38)45-33(44)40-13-9-25(10-14-40)41-28-6-4-3-5-27(28)36-32(41)43/h3-6,19-20,24-25,29H,7-18,21,35H2,1-2H3,(H,36,43)/t29-/m1/s1. The fraction of sp³-hybridized carbons (Fsp3) is 0.545. The molecule has 3 aliphatic rings. The quantitative estimate of drug-likeness (QED) is 0.397. The number of rotatable bonds is 6. The Morgan fingerprint density at radius 3 is 2.29 bits per heavy atom. The molecule has 242 valence electrons. The van der Waals surface area contributed by atoms with Crippen molar-refractivity contribution in [2.24, 2.45) is 0 Å². The normalized spacial score (nSPS) is 20.1. The summed E-state index contributed by atoms with van der Waals surface area (Å²) in [7, 11) is 2.16. The van der Waals surface area contributed by atoms with Crippen molar-refractivity contribution in [2.75, 3.05) is 65.1 Å². The van der Waals surface area contributed by atoms with Gasteiger partial charge < -0.3 is 30.2 Å². The number of H-pyrrole nitrogens is 1. The van der Waals surface area contributed by atoms with Crippen LogP contribution in [0.5, 0.6) is 0 Å². The number of likely N-dealkylation sites (tertiary alicyclic amines) is 2. The molecule has 0 bridgehead atoms. The number of fused-ring (bicyclic) bond motifs is 1. The third kappa shape index (κ3) is 6.85. The predicted molar refractivity (Wildman–Crippen MR) is 176 cm³/mol. The van der Waals surface area contributed by atoms with E-state index in [1.165, 1.54) is 0 Å². The van der Waals surface area contributed by atoms with Gasteiger partial charge in [0.1, 0.15) is 0 Å². The maximum Gasteiger partial charge on any atom is 0.410 e. The Hall–Kier alpha value is -3.54. The van der Waals surface area contributed by atoms with Gasteiger partial charge in [-0.1, -0.05) is 29.8 Å². The summed E-state index contributed by atoms with van der Waals surface area (Å²) in [6.45, 7) is 8.24. The van der Waals surface area contributed by atoms with Crippen LogP contribution in [0.25, 0.3) is 11.0 Å². The van der Waals surface area contributed by atoms with E-state index < -0.39 is 12.2 Å². The number of piperidine rings is 2. The van der Waals surface area contributed by atoms with E-state index in [0.29, 0.717) is 55.8 Å². The summed E-state index contributed by atoms with van der Waals surface area (Å²) in [5.74, 6) is -0.175. The number of aromatic amines is 1. The summed E-state index contributed by atoms with van der Waals surface area (Å²) in [5, 5.41) is 0.421. The molecule has 3 saturated heterocycles. The van der Waals surface area contributed by atoms with Crippen LogP contribution in [0.1, 0.15) is 42.9 Å². The molecule has 0 unspecified atom stereocenters. The number of benzene rings is 2. The molecular weight excluding hydrogens is 594 g/mol. The lowest BCUT2D eigenvalue weighted by atomic mass is 9.99. The summed E-state index contributed by atoms with van der Waals surface area (Å²) >= 11 is 6.39. The maximum atomic E-state index is 14.0. The van der Waals surface area contributed by atoms with Gasteiger partial charge in [-0.2, -0.15) is 0 Å². The monoisotopic (exact) mass is 637 g/mol. The number of carbonyl (C=O) groups is 2. The zero-order chi connectivity index (χ0) is 31.7. The van der Waals surface area contributed by atoms with Crippen molar-refractivity contribution in [3.8, 4) is 0 Å². The number of likely N-dealkylation sites (N-methyl/N-ethyl adjacent to an activating group) is 1. The lowest BCUT2D eigenvalue weighted by Crippen LogP contribution is -2.54. The Balaban J connectivity index is 1.12. The number of carbonyl (C=O) groups excluding carboxylic acids is 2. The third-order valence-corrected chi connectivity index (χ3v) is 10.2. The van der Waals surface area contributed by atoms with Crippen LogP contribution < -0.4 is 11.4 Å². The molecule has 0 spiro atoms. The minimum absolute atomic E-state index is 0.0309. The van der Waals surface area contributed by atoms with E-state index in [0.717, 1.165) is 61.2 Å². The second-order valence-electron chi connectivity index (χ2n) is 12.8. The lowest BCUT2D eigenvalue weighted by molar-refractivity contribution is -0.142. The zero-order valence-electron chi connectivity index (χ0n) is 26.2. The molecule has 11 nitrogen and oxygen atoms in total. The molecule has 1 aromatic heterocycles. The predicted octanol–water partition coefficient (Wildman–Crippen LogP) is 3.50. The molecule has 3 aromatic rings. The van der Waals surface area contributed by atoms with Crippen LogP contribution in [-0.4, -0.2) is 113 Å². The molecule has 3 N–H and O–H groups in total. The van der Waals surface area contributed by atoms with E-state index in [1.807, 2.05) is 42.2 Å². The average Bonchev–Trinajstić information content (AvgIpc) is 3.39. The van der Waals surface area contributed by atoms with Gasteiger partial charge in [0.2, 0.25) is 0 Å². The largest absolute Gasteiger partial charge is 0.436 e. The number of piperazine rings is 1. The number of hydrogen-bond donors (Lipinski definition) is 2. The van der Waals surface area contributed by atoms with Gasteiger partial charge >= 0.3 is 11.8 Å². The number of aromatic nitrogens is 2. The molecule has 0 aliphatic carbocycles. The number of nitrogens with zero attached hydrogens (tertiary/aromatic N) is 5. The van der Waals surface area contributed by atoms with Crippen molar-refractivity contribution in [3.63, 3.8) is 0 Å². The van der Waals surface area contributed by atoms with Crippen molar-refractivity contribution in [3.05, 3.63) is 63.0 Å². The number of anilines is 1. The van der Waals surface area contributed by atoms with E-state index in [4.69, 9.17) is 22.1 Å². The highest BCUT2D eigenvalue weighted by Gasteiger charge is 2.35. The molecule has 0 saturated carbocycles. The second-order valence-corrected chi connectivity index (χ2v) is 13.2. The maximum absolute atomic E-state index is 14.0. The second kappa shape index (κ2) is 13.4. The number of hydrogen-bond acceptors (Lipinski definition) is 7. The highest BCUT2D eigenvalue weighted by molar-refractivity contribution is 6.33. The van der Waals surface area contributed by atoms with E-state index in [9.17, 15) is 14.4 Å². The molecule has 2 aromatic carbocycles. The molecule has 1 atom stereocenters. The van der Waals surface area contributed by atoms with Gasteiger partial charge in [0, 0.05) is 70.9 Å². The topological polar surface area (TPSA) is 120 Å². The molecule has 3 aliphatic heterocycles. The smallest absolute Gasteiger partial charge is 0.410 e. The Labute approximate surface area is 268 Å². The summed E-state index contributed by atoms with van der Waals surface area (Å²) in [5.41, 5.74) is 9.71. The van der Waals surface area contributed by atoms with Gasteiger partial charge in [-0.05, 0) is 69.0 Å². The number of nitrogens with one attached hydrogen (secondary N) is 1. The Morgan fingerprint density at radius 1 is 0.956 bits per heavy atom. The van der Waals surface area contributed by atoms with Crippen LogP contribution in [0.2, 0.25) is 5.02 Å². The molecule has 4 heterocycles. The van der Waals surface area contributed by atoms with Gasteiger partial charge in [-0.25, -0.2) is 9.59 Å². The molecule has 45 heavy (non-hydrogen) atoms. The van der Waals surface area contributed by atoms with Crippen molar-refractivity contribution < 1.29 is 14.3 Å². The number of amides is 2. The number of imidazole rings is 1. The number of para-hydroxylation sites is 2. The summed E-state index contributed by atoms with van der Waals surface area (Å²) in [6, 6.07) is 11.7. The Bertz CT molecular complexity index is 1560. The van der Waals surface area contributed by atoms with E-state index in [1.54, 1.807) is 15.5 Å². The van der Waals surface area contributed by atoms with Gasteiger partial charge in [0.05, 0.1) is 21.7 Å². The summed E-state index contributed by atoms with van der Waals surface area (Å²) < 4.78 is 7.82. The average molecular weight is 638 g/mol. The Kier molecular flexibility index (Phi) is 9.39. The van der Waals surface area contributed by atoms with E-state index >= 15 is 0 Å². The van der Waals surface area contributed by atoms with Gasteiger partial charge in [-0.15, -0.1) is 0 Å². The van der Waals surface area contributed by atoms with Crippen LogP contribution >= 0.6 is 11.6 Å². The van der Waals surface area contributed by atoms with E-state index in [2.05, 4.69) is 21.8 Å². The van der Waals surface area contributed by atoms with Gasteiger partial charge in [0.25, 0.3) is 5.91 Å². The highest BCUT2D eigenvalue weighted by atomic mass is 35.5. The lowest BCUT2D eigenvalue weighted by Gasteiger charge is -2.42. The molecular formula is C33H44ClN7O4. The van der Waals surface area contributed by atoms with Gasteiger partial charge in [0.15, 0.2) is 6.10 Å². The van der Waals surface area contributed by atoms with Crippen LogP contribution in [-0.2, 0) is 16.0 Å². The highest BCUT2D eigenvalue weighted by Crippen LogP contribution is 2.28. The molecule has 6 rings (SSSR count). The number of aryl methyl sites for hydroxylation is 1. The van der Waals surface area contributed by atoms with Crippen LogP contribution in [0.3, 0.4) is 0 Å². The van der Waals surface area contributed by atoms with Crippen LogP contribution in [0.4, 0.5) is 10.5 Å². The first kappa shape index (κ1) is 31.4. The number of halogens is 1. The number of ether oxygens (including phenoxy) is 1. The zero-order valence-corrected chi connectivity index (χ0v) is 27.0. The van der Waals surface area contributed by atoms with Crippen molar-refractivity contribution in [2.45, 2.75) is 57.2 Å². The molecule has 0 radical (unpaired) electrons. The summed E-state index contributed by atoms with van der Waals surface area (Å²) in [6.07, 6.45) is 1.76. The van der Waals surface area contributed by atoms with Crippen molar-refractivity contribution in [1.29, 1.82) is 0 Å². The first-order chi connectivity index (χ1) is 21.7. The van der Waals surface area contributed by atoms with Crippen molar-refractivity contribution in [1.82, 2.24) is 29.2 Å². The fourth-order valence-electron chi connectivity index (χ4n) is 7.12. The molecule has 3 fully saturated rings. The van der Waals surface area contributed by atoms with Crippen LogP contribution in [0, 0.1) is 6.92 Å². The van der Waals surface area contributed by atoms with Crippen LogP contribution in [0.15, 0.2) is 41.2 Å². The molecule has 12 heteroatoms.